The Morgan fingerprint density at radius 3 is 2.53 bits per heavy atom. The largest absolute Gasteiger partial charge is 0.309 e. The first-order valence-corrected chi connectivity index (χ1v) is 7.07. The molecule has 19 heavy (non-hydrogen) atoms. The topological polar surface area (TPSA) is 24.9 Å². The minimum atomic E-state index is -0.303. The summed E-state index contributed by atoms with van der Waals surface area (Å²) in [5, 5.41) is 3.38. The van der Waals surface area contributed by atoms with Gasteiger partial charge in [-0.3, -0.25) is 4.98 Å². The third-order valence-electron chi connectivity index (χ3n) is 2.91. The van der Waals surface area contributed by atoms with Crippen LogP contribution < -0.4 is 5.32 Å². The molecule has 1 unspecified atom stereocenters. The van der Waals surface area contributed by atoms with Gasteiger partial charge in [0.1, 0.15) is 5.82 Å². The van der Waals surface area contributed by atoms with Gasteiger partial charge in [0.15, 0.2) is 0 Å². The number of pyridine rings is 1. The number of halogens is 2. The maximum absolute atomic E-state index is 12.9. The molecule has 100 valence electrons. The molecule has 0 saturated carbocycles. The minimum Gasteiger partial charge on any atom is -0.309 e. The van der Waals surface area contributed by atoms with Gasteiger partial charge >= 0.3 is 0 Å². The minimum absolute atomic E-state index is 0.103. The van der Waals surface area contributed by atoms with Gasteiger partial charge in [0.25, 0.3) is 0 Å². The van der Waals surface area contributed by atoms with Crippen molar-refractivity contribution in [2.45, 2.75) is 19.4 Å². The van der Waals surface area contributed by atoms with E-state index in [0.717, 1.165) is 23.1 Å². The summed E-state index contributed by atoms with van der Waals surface area (Å²) in [6, 6.07) is 11.5. The molecule has 0 aliphatic rings. The van der Waals surface area contributed by atoms with Gasteiger partial charge in [-0.2, -0.15) is 0 Å². The van der Waals surface area contributed by atoms with E-state index in [2.05, 4.69) is 45.3 Å². The number of aromatic nitrogens is 1. The first-order valence-electron chi connectivity index (χ1n) is 6.28. The predicted molar refractivity (Wildman–Crippen MR) is 78.5 cm³/mol. The van der Waals surface area contributed by atoms with Gasteiger partial charge in [0.05, 0.1) is 17.9 Å². The highest BCUT2D eigenvalue weighted by atomic mass is 79.9. The maximum atomic E-state index is 12.9. The molecule has 1 aromatic heterocycles. The average Bonchev–Trinajstić information content (AvgIpc) is 2.42. The van der Waals surface area contributed by atoms with Gasteiger partial charge in [-0.25, -0.2) is 4.39 Å². The molecule has 0 bridgehead atoms. The first-order chi connectivity index (χ1) is 9.19. The molecule has 1 aromatic carbocycles. The van der Waals surface area contributed by atoms with Crippen molar-refractivity contribution in [3.63, 3.8) is 0 Å². The standard InChI is InChI=1S/C15H16BrFN2/c1-2-18-15(14-8-7-13(17)10-19-14)9-11-3-5-12(16)6-4-11/h3-8,10,15,18H,2,9H2,1H3. The second-order valence-corrected chi connectivity index (χ2v) is 5.26. The second kappa shape index (κ2) is 6.78. The van der Waals surface area contributed by atoms with Crippen LogP contribution in [0.15, 0.2) is 47.1 Å². The van der Waals surface area contributed by atoms with Gasteiger partial charge in [0, 0.05) is 4.47 Å². The zero-order chi connectivity index (χ0) is 13.7. The lowest BCUT2D eigenvalue weighted by molar-refractivity contribution is 0.532. The van der Waals surface area contributed by atoms with Crippen LogP contribution in [-0.2, 0) is 6.42 Å². The molecule has 0 fully saturated rings. The molecule has 1 heterocycles. The van der Waals surface area contributed by atoms with Crippen molar-refractivity contribution in [2.75, 3.05) is 6.54 Å². The molecule has 0 amide bonds. The summed E-state index contributed by atoms with van der Waals surface area (Å²) in [6.45, 7) is 2.90. The number of benzene rings is 1. The van der Waals surface area contributed by atoms with Crippen LogP contribution in [0.25, 0.3) is 0 Å². The number of nitrogens with zero attached hydrogens (tertiary/aromatic N) is 1. The van der Waals surface area contributed by atoms with Crippen molar-refractivity contribution in [3.8, 4) is 0 Å². The molecule has 2 aromatic rings. The SMILES string of the molecule is CCNC(Cc1ccc(Br)cc1)c1ccc(F)cn1. The van der Waals surface area contributed by atoms with E-state index in [1.165, 1.54) is 17.8 Å². The van der Waals surface area contributed by atoms with Crippen LogP contribution in [0.1, 0.15) is 24.2 Å². The fraction of sp³-hybridized carbons (Fsp3) is 0.267. The van der Waals surface area contributed by atoms with Crippen LogP contribution in [0.4, 0.5) is 4.39 Å². The van der Waals surface area contributed by atoms with E-state index in [1.807, 2.05) is 12.1 Å². The Labute approximate surface area is 121 Å². The fourth-order valence-corrected chi connectivity index (χ4v) is 2.24. The summed E-state index contributed by atoms with van der Waals surface area (Å²) in [4.78, 5) is 4.16. The summed E-state index contributed by atoms with van der Waals surface area (Å²) in [6.07, 6.45) is 2.10. The Morgan fingerprint density at radius 1 is 1.21 bits per heavy atom. The molecule has 0 spiro atoms. The van der Waals surface area contributed by atoms with Gasteiger partial charge in [-0.1, -0.05) is 35.0 Å². The average molecular weight is 323 g/mol. The lowest BCUT2D eigenvalue weighted by atomic mass is 10.0. The fourth-order valence-electron chi connectivity index (χ4n) is 1.98. The lowest BCUT2D eigenvalue weighted by Gasteiger charge is -2.17. The van der Waals surface area contributed by atoms with Gasteiger partial charge < -0.3 is 5.32 Å². The number of rotatable bonds is 5. The van der Waals surface area contributed by atoms with Crippen molar-refractivity contribution in [3.05, 3.63) is 64.1 Å². The number of hydrogen-bond donors (Lipinski definition) is 1. The molecular formula is C15H16BrFN2. The van der Waals surface area contributed by atoms with E-state index >= 15 is 0 Å². The van der Waals surface area contributed by atoms with Gasteiger partial charge in [-0.15, -0.1) is 0 Å². The van der Waals surface area contributed by atoms with E-state index in [4.69, 9.17) is 0 Å². The van der Waals surface area contributed by atoms with Crippen molar-refractivity contribution < 1.29 is 4.39 Å². The molecule has 0 saturated heterocycles. The van der Waals surface area contributed by atoms with Crippen LogP contribution in [0, 0.1) is 5.82 Å². The Balaban J connectivity index is 2.15. The van der Waals surface area contributed by atoms with E-state index in [9.17, 15) is 4.39 Å². The van der Waals surface area contributed by atoms with E-state index in [-0.39, 0.29) is 11.9 Å². The summed E-state index contributed by atoms with van der Waals surface area (Å²) in [7, 11) is 0. The second-order valence-electron chi connectivity index (χ2n) is 4.34. The molecule has 4 heteroatoms. The molecule has 1 N–H and O–H groups in total. The number of likely N-dealkylation sites (N-methyl/N-ethyl adjacent to an activating group) is 1. The number of nitrogens with one attached hydrogen (secondary N) is 1. The zero-order valence-electron chi connectivity index (χ0n) is 10.7. The highest BCUT2D eigenvalue weighted by molar-refractivity contribution is 9.10. The van der Waals surface area contributed by atoms with Gasteiger partial charge in [0.2, 0.25) is 0 Å². The molecule has 2 rings (SSSR count). The van der Waals surface area contributed by atoms with Crippen molar-refractivity contribution >= 4 is 15.9 Å². The van der Waals surface area contributed by atoms with Crippen LogP contribution in [0.2, 0.25) is 0 Å². The predicted octanol–water partition coefficient (Wildman–Crippen LogP) is 3.88. The molecule has 0 aliphatic heterocycles. The first kappa shape index (κ1) is 14.2. The summed E-state index contributed by atoms with van der Waals surface area (Å²) in [5.41, 5.74) is 2.09. The van der Waals surface area contributed by atoms with E-state index in [1.54, 1.807) is 6.07 Å². The van der Waals surface area contributed by atoms with E-state index < -0.39 is 0 Å². The highest BCUT2D eigenvalue weighted by Crippen LogP contribution is 2.18. The van der Waals surface area contributed by atoms with E-state index in [0.29, 0.717) is 0 Å². The van der Waals surface area contributed by atoms with Crippen molar-refractivity contribution in [2.24, 2.45) is 0 Å². The third kappa shape index (κ3) is 4.11. The number of hydrogen-bond acceptors (Lipinski definition) is 2. The zero-order valence-corrected chi connectivity index (χ0v) is 12.3. The van der Waals surface area contributed by atoms with Crippen LogP contribution >= 0.6 is 15.9 Å². The van der Waals surface area contributed by atoms with Crippen LogP contribution in [0.3, 0.4) is 0 Å². The highest BCUT2D eigenvalue weighted by Gasteiger charge is 2.12. The summed E-state index contributed by atoms with van der Waals surface area (Å²) in [5.74, 6) is -0.303. The molecule has 0 radical (unpaired) electrons. The lowest BCUT2D eigenvalue weighted by Crippen LogP contribution is -2.23. The Kier molecular flexibility index (Phi) is 5.05. The van der Waals surface area contributed by atoms with Crippen molar-refractivity contribution in [1.29, 1.82) is 0 Å². The molecule has 2 nitrogen and oxygen atoms in total. The molecular weight excluding hydrogens is 307 g/mol. The summed E-state index contributed by atoms with van der Waals surface area (Å²) >= 11 is 3.43. The van der Waals surface area contributed by atoms with Crippen molar-refractivity contribution in [1.82, 2.24) is 10.3 Å². The maximum Gasteiger partial charge on any atom is 0.141 e. The Bertz CT molecular complexity index is 511. The van der Waals surface area contributed by atoms with Gasteiger partial charge in [-0.05, 0) is 42.8 Å². The normalized spacial score (nSPS) is 12.4. The smallest absolute Gasteiger partial charge is 0.141 e. The molecule has 0 aliphatic carbocycles. The van der Waals surface area contributed by atoms with Crippen LogP contribution in [-0.4, -0.2) is 11.5 Å². The molecule has 1 atom stereocenters. The summed E-state index contributed by atoms with van der Waals surface area (Å²) < 4.78 is 14.0. The Morgan fingerprint density at radius 2 is 1.95 bits per heavy atom. The quantitative estimate of drug-likeness (QED) is 0.903. The van der Waals surface area contributed by atoms with Crippen LogP contribution in [0.5, 0.6) is 0 Å². The Hall–Kier alpha value is -1.26. The third-order valence-corrected chi connectivity index (χ3v) is 3.44. The monoisotopic (exact) mass is 322 g/mol.